The van der Waals surface area contributed by atoms with E-state index in [1.54, 1.807) is 31.4 Å². The first-order valence-corrected chi connectivity index (χ1v) is 6.74. The summed E-state index contributed by atoms with van der Waals surface area (Å²) in [4.78, 5) is 11.2. The molecule has 0 aliphatic rings. The van der Waals surface area contributed by atoms with Gasteiger partial charge >= 0.3 is 5.97 Å². The predicted octanol–water partition coefficient (Wildman–Crippen LogP) is 4.21. The summed E-state index contributed by atoms with van der Waals surface area (Å²) in [6.45, 7) is 1.91. The van der Waals surface area contributed by atoms with Crippen LogP contribution in [0.25, 0.3) is 0 Å². The van der Waals surface area contributed by atoms with E-state index in [9.17, 15) is 9.90 Å². The standard InChI is InChI=1S/C15H14BrNO3/c1-9-3-4-13(15(18)19)14(5-9)17-11-6-10(16)7-12(8-11)20-2/h3-8,17H,1-2H3,(H,18,19). The van der Waals surface area contributed by atoms with E-state index in [-0.39, 0.29) is 5.56 Å². The molecular formula is C15H14BrNO3. The van der Waals surface area contributed by atoms with Crippen molar-refractivity contribution < 1.29 is 14.6 Å². The molecule has 2 N–H and O–H groups in total. The molecule has 0 fully saturated rings. The molecule has 0 aromatic heterocycles. The molecule has 2 aromatic rings. The second-order valence-corrected chi connectivity index (χ2v) is 5.27. The summed E-state index contributed by atoms with van der Waals surface area (Å²) in [7, 11) is 1.58. The zero-order valence-corrected chi connectivity index (χ0v) is 12.7. The minimum Gasteiger partial charge on any atom is -0.497 e. The zero-order valence-electron chi connectivity index (χ0n) is 11.1. The average molecular weight is 336 g/mol. The number of benzene rings is 2. The van der Waals surface area contributed by atoms with Crippen molar-refractivity contribution in [2.75, 3.05) is 12.4 Å². The van der Waals surface area contributed by atoms with E-state index in [2.05, 4.69) is 21.2 Å². The minimum atomic E-state index is -0.963. The van der Waals surface area contributed by atoms with E-state index >= 15 is 0 Å². The van der Waals surface area contributed by atoms with Gasteiger partial charge in [0.15, 0.2) is 0 Å². The average Bonchev–Trinajstić information content (AvgIpc) is 2.37. The number of rotatable bonds is 4. The maximum absolute atomic E-state index is 11.2. The number of carboxylic acids is 1. The number of aryl methyl sites for hydroxylation is 1. The van der Waals surface area contributed by atoms with Crippen LogP contribution in [0.15, 0.2) is 40.9 Å². The second-order valence-electron chi connectivity index (χ2n) is 4.36. The van der Waals surface area contributed by atoms with Crippen molar-refractivity contribution in [2.24, 2.45) is 0 Å². The van der Waals surface area contributed by atoms with Gasteiger partial charge in [-0.1, -0.05) is 22.0 Å². The molecule has 0 spiro atoms. The fourth-order valence-electron chi connectivity index (χ4n) is 1.86. The number of methoxy groups -OCH3 is 1. The Kier molecular flexibility index (Phi) is 4.29. The van der Waals surface area contributed by atoms with Crippen LogP contribution in [0.1, 0.15) is 15.9 Å². The van der Waals surface area contributed by atoms with Gasteiger partial charge in [0.05, 0.1) is 18.4 Å². The van der Waals surface area contributed by atoms with E-state index in [1.165, 1.54) is 0 Å². The highest BCUT2D eigenvalue weighted by atomic mass is 79.9. The number of hydrogen-bond acceptors (Lipinski definition) is 3. The number of carboxylic acid groups (broad SMARTS) is 1. The molecule has 0 radical (unpaired) electrons. The highest BCUT2D eigenvalue weighted by Crippen LogP contribution is 2.28. The van der Waals surface area contributed by atoms with Crippen LogP contribution in [0.2, 0.25) is 0 Å². The predicted molar refractivity (Wildman–Crippen MR) is 82.1 cm³/mol. The Hall–Kier alpha value is -2.01. The molecule has 2 aromatic carbocycles. The van der Waals surface area contributed by atoms with Crippen molar-refractivity contribution in [3.05, 3.63) is 52.0 Å². The lowest BCUT2D eigenvalue weighted by Crippen LogP contribution is -2.03. The number of halogens is 1. The summed E-state index contributed by atoms with van der Waals surface area (Å²) in [6.07, 6.45) is 0. The van der Waals surface area contributed by atoms with Crippen LogP contribution in [0.4, 0.5) is 11.4 Å². The first-order valence-electron chi connectivity index (χ1n) is 5.95. The molecule has 5 heteroatoms. The van der Waals surface area contributed by atoms with Gasteiger partial charge in [0.25, 0.3) is 0 Å². The van der Waals surface area contributed by atoms with Crippen molar-refractivity contribution in [3.63, 3.8) is 0 Å². The second kappa shape index (κ2) is 5.96. The van der Waals surface area contributed by atoms with Gasteiger partial charge < -0.3 is 15.2 Å². The van der Waals surface area contributed by atoms with Crippen molar-refractivity contribution in [1.29, 1.82) is 0 Å². The van der Waals surface area contributed by atoms with Crippen LogP contribution in [-0.4, -0.2) is 18.2 Å². The number of carbonyl (C=O) groups is 1. The van der Waals surface area contributed by atoms with Crippen LogP contribution in [0.3, 0.4) is 0 Å². The van der Waals surface area contributed by atoms with Gasteiger partial charge in [-0.2, -0.15) is 0 Å². The molecule has 0 saturated carbocycles. The van der Waals surface area contributed by atoms with E-state index in [4.69, 9.17) is 4.74 Å². The maximum atomic E-state index is 11.2. The molecule has 20 heavy (non-hydrogen) atoms. The summed E-state index contributed by atoms with van der Waals surface area (Å²) < 4.78 is 6.04. The number of nitrogens with one attached hydrogen (secondary N) is 1. The molecule has 0 saturated heterocycles. The lowest BCUT2D eigenvalue weighted by atomic mass is 10.1. The van der Waals surface area contributed by atoms with E-state index in [0.717, 1.165) is 15.7 Å². The quantitative estimate of drug-likeness (QED) is 0.878. The molecule has 4 nitrogen and oxygen atoms in total. The maximum Gasteiger partial charge on any atom is 0.337 e. The van der Waals surface area contributed by atoms with Gasteiger partial charge in [-0.25, -0.2) is 4.79 Å². The van der Waals surface area contributed by atoms with Crippen LogP contribution < -0.4 is 10.1 Å². The SMILES string of the molecule is COc1cc(Br)cc(Nc2cc(C)ccc2C(=O)O)c1. The van der Waals surface area contributed by atoms with E-state index in [0.29, 0.717) is 11.4 Å². The molecule has 104 valence electrons. The van der Waals surface area contributed by atoms with E-state index in [1.807, 2.05) is 19.1 Å². The zero-order chi connectivity index (χ0) is 14.7. The van der Waals surface area contributed by atoms with Crippen LogP contribution >= 0.6 is 15.9 Å². The van der Waals surface area contributed by atoms with Gasteiger partial charge in [0, 0.05) is 16.2 Å². The largest absolute Gasteiger partial charge is 0.497 e. The first-order chi connectivity index (χ1) is 9.49. The smallest absolute Gasteiger partial charge is 0.337 e. The highest BCUT2D eigenvalue weighted by molar-refractivity contribution is 9.10. The highest BCUT2D eigenvalue weighted by Gasteiger charge is 2.11. The van der Waals surface area contributed by atoms with Gasteiger partial charge in [0.1, 0.15) is 5.75 Å². The van der Waals surface area contributed by atoms with Gasteiger partial charge in [-0.3, -0.25) is 0 Å². The Balaban J connectivity index is 2.41. The fourth-order valence-corrected chi connectivity index (χ4v) is 2.33. The van der Waals surface area contributed by atoms with Crippen molar-refractivity contribution in [2.45, 2.75) is 6.92 Å². The van der Waals surface area contributed by atoms with Crippen LogP contribution in [0, 0.1) is 6.92 Å². The molecule has 0 heterocycles. The summed E-state index contributed by atoms with van der Waals surface area (Å²) in [6, 6.07) is 10.7. The fraction of sp³-hybridized carbons (Fsp3) is 0.133. The monoisotopic (exact) mass is 335 g/mol. The molecular weight excluding hydrogens is 322 g/mol. The topological polar surface area (TPSA) is 58.6 Å². The number of anilines is 2. The molecule has 0 bridgehead atoms. The molecule has 0 unspecified atom stereocenters. The normalized spacial score (nSPS) is 10.2. The van der Waals surface area contributed by atoms with Gasteiger partial charge in [-0.05, 0) is 36.8 Å². The Morgan fingerprint density at radius 3 is 2.65 bits per heavy atom. The molecule has 0 aliphatic heterocycles. The van der Waals surface area contributed by atoms with Crippen molar-refractivity contribution >= 4 is 33.3 Å². The number of aromatic carboxylic acids is 1. The third-order valence-electron chi connectivity index (χ3n) is 2.79. The summed E-state index contributed by atoms with van der Waals surface area (Å²) in [5.41, 5.74) is 2.52. The van der Waals surface area contributed by atoms with Gasteiger partial charge in [0.2, 0.25) is 0 Å². The molecule has 0 atom stereocenters. The lowest BCUT2D eigenvalue weighted by Gasteiger charge is -2.12. The van der Waals surface area contributed by atoms with Crippen LogP contribution in [0.5, 0.6) is 5.75 Å². The summed E-state index contributed by atoms with van der Waals surface area (Å²) in [5, 5.41) is 12.3. The summed E-state index contributed by atoms with van der Waals surface area (Å²) in [5.74, 6) is -0.277. The Morgan fingerprint density at radius 2 is 2.00 bits per heavy atom. The van der Waals surface area contributed by atoms with E-state index < -0.39 is 5.97 Å². The third kappa shape index (κ3) is 3.30. The molecule has 0 amide bonds. The van der Waals surface area contributed by atoms with Crippen molar-refractivity contribution in [3.8, 4) is 5.75 Å². The molecule has 2 rings (SSSR count). The van der Waals surface area contributed by atoms with Crippen molar-refractivity contribution in [1.82, 2.24) is 0 Å². The Labute approximate surface area is 125 Å². The number of hydrogen-bond donors (Lipinski definition) is 2. The van der Waals surface area contributed by atoms with Crippen LogP contribution in [-0.2, 0) is 0 Å². The number of ether oxygens (including phenoxy) is 1. The first kappa shape index (κ1) is 14.4. The Bertz CT molecular complexity index is 656. The van der Waals surface area contributed by atoms with Gasteiger partial charge in [-0.15, -0.1) is 0 Å². The lowest BCUT2D eigenvalue weighted by molar-refractivity contribution is 0.0698. The summed E-state index contributed by atoms with van der Waals surface area (Å²) >= 11 is 3.39. The Morgan fingerprint density at radius 1 is 1.25 bits per heavy atom. The molecule has 0 aliphatic carbocycles. The third-order valence-corrected chi connectivity index (χ3v) is 3.25. The minimum absolute atomic E-state index is 0.231.